The number of hydrogen-bond acceptors (Lipinski definition) is 6. The Bertz CT molecular complexity index is 270. The van der Waals surface area contributed by atoms with E-state index in [4.69, 9.17) is 0 Å². The monoisotopic (exact) mass is 230 g/mol. The molecule has 0 aromatic rings. The predicted octanol–water partition coefficient (Wildman–Crippen LogP) is 0.212. The molecule has 0 heterocycles. The minimum atomic E-state index is -0.578. The molecule has 0 aromatic carbocycles. The highest BCUT2D eigenvalue weighted by Crippen LogP contribution is 1.95. The fraction of sp³-hybridized carbons (Fsp3) is 0.500. The second-order valence-corrected chi connectivity index (χ2v) is 2.67. The van der Waals surface area contributed by atoms with Gasteiger partial charge in [0.05, 0.1) is 20.0 Å². The van der Waals surface area contributed by atoms with E-state index in [0.717, 1.165) is 6.08 Å². The van der Waals surface area contributed by atoms with Crippen molar-refractivity contribution in [1.29, 1.82) is 0 Å². The van der Waals surface area contributed by atoms with E-state index in [0.29, 0.717) is 0 Å². The van der Waals surface area contributed by atoms with Gasteiger partial charge in [0.15, 0.2) is 0 Å². The molecule has 0 aliphatic heterocycles. The van der Waals surface area contributed by atoms with Crippen molar-refractivity contribution in [2.75, 3.05) is 20.3 Å². The molecule has 0 spiro atoms. The van der Waals surface area contributed by atoms with Crippen LogP contribution in [0, 0.1) is 0 Å². The van der Waals surface area contributed by atoms with E-state index < -0.39 is 17.9 Å². The van der Waals surface area contributed by atoms with Crippen LogP contribution in [0.25, 0.3) is 0 Å². The lowest BCUT2D eigenvalue weighted by Crippen LogP contribution is -2.14. The molecule has 6 nitrogen and oxygen atoms in total. The summed E-state index contributed by atoms with van der Waals surface area (Å²) in [4.78, 5) is 32.2. The van der Waals surface area contributed by atoms with Crippen LogP contribution in [0.4, 0.5) is 0 Å². The SMILES string of the molecule is C=CC(=O)OCCOC(=O)CCC(=O)OC. The van der Waals surface area contributed by atoms with Crippen molar-refractivity contribution >= 4 is 17.9 Å². The summed E-state index contributed by atoms with van der Waals surface area (Å²) in [6.07, 6.45) is 0.933. The number of rotatable bonds is 7. The number of carbonyl (C=O) groups excluding carboxylic acids is 3. The van der Waals surface area contributed by atoms with Crippen LogP contribution >= 0.6 is 0 Å². The summed E-state index contributed by atoms with van der Waals surface area (Å²) >= 11 is 0. The standard InChI is InChI=1S/C10H14O6/c1-3-8(11)15-6-7-16-10(13)5-4-9(12)14-2/h3H,1,4-7H2,2H3. The second kappa shape index (κ2) is 8.46. The van der Waals surface area contributed by atoms with E-state index in [1.165, 1.54) is 7.11 Å². The van der Waals surface area contributed by atoms with Crippen LogP contribution in [-0.4, -0.2) is 38.2 Å². The predicted molar refractivity (Wildman–Crippen MR) is 53.4 cm³/mol. The molecule has 0 fully saturated rings. The molecule has 0 aliphatic rings. The van der Waals surface area contributed by atoms with Crippen LogP contribution in [0.3, 0.4) is 0 Å². The number of carbonyl (C=O) groups is 3. The van der Waals surface area contributed by atoms with E-state index in [-0.39, 0.29) is 26.1 Å². The Morgan fingerprint density at radius 3 is 2.19 bits per heavy atom. The van der Waals surface area contributed by atoms with Crippen LogP contribution in [0.1, 0.15) is 12.8 Å². The molecule has 0 saturated carbocycles. The molecule has 0 bridgehead atoms. The first-order valence-electron chi connectivity index (χ1n) is 4.61. The molecular formula is C10H14O6. The molecule has 0 amide bonds. The third kappa shape index (κ3) is 7.54. The minimum Gasteiger partial charge on any atom is -0.469 e. The van der Waals surface area contributed by atoms with Gasteiger partial charge in [0.2, 0.25) is 0 Å². The van der Waals surface area contributed by atoms with Crippen molar-refractivity contribution in [3.63, 3.8) is 0 Å². The normalized spacial score (nSPS) is 9.06. The first-order valence-corrected chi connectivity index (χ1v) is 4.61. The van der Waals surface area contributed by atoms with Gasteiger partial charge in [-0.15, -0.1) is 0 Å². The van der Waals surface area contributed by atoms with E-state index >= 15 is 0 Å². The molecule has 0 unspecified atom stereocenters. The van der Waals surface area contributed by atoms with Crippen molar-refractivity contribution in [3.8, 4) is 0 Å². The summed E-state index contributed by atoms with van der Waals surface area (Å²) in [6, 6.07) is 0. The largest absolute Gasteiger partial charge is 0.469 e. The summed E-state index contributed by atoms with van der Waals surface area (Å²) in [6.45, 7) is 3.12. The first kappa shape index (κ1) is 14.2. The van der Waals surface area contributed by atoms with Gasteiger partial charge >= 0.3 is 17.9 Å². The van der Waals surface area contributed by atoms with Gasteiger partial charge in [-0.1, -0.05) is 6.58 Å². The molecule has 6 heteroatoms. The number of esters is 3. The van der Waals surface area contributed by atoms with Gasteiger partial charge < -0.3 is 14.2 Å². The molecule has 0 atom stereocenters. The highest BCUT2D eigenvalue weighted by atomic mass is 16.6. The van der Waals surface area contributed by atoms with E-state index in [2.05, 4.69) is 20.8 Å². The van der Waals surface area contributed by atoms with Gasteiger partial charge in [0.25, 0.3) is 0 Å². The molecule has 16 heavy (non-hydrogen) atoms. The Balaban J connectivity index is 3.47. The van der Waals surface area contributed by atoms with Gasteiger partial charge in [-0.2, -0.15) is 0 Å². The summed E-state index contributed by atoms with van der Waals surface area (Å²) in [5.41, 5.74) is 0. The molecule has 0 saturated heterocycles. The summed E-state index contributed by atoms with van der Waals surface area (Å²) in [5, 5.41) is 0. The quantitative estimate of drug-likeness (QED) is 0.269. The third-order valence-electron chi connectivity index (χ3n) is 1.52. The Kier molecular flexibility index (Phi) is 7.48. The van der Waals surface area contributed by atoms with Crippen LogP contribution in [0.5, 0.6) is 0 Å². The fourth-order valence-electron chi connectivity index (χ4n) is 0.735. The highest BCUT2D eigenvalue weighted by Gasteiger charge is 2.07. The van der Waals surface area contributed by atoms with E-state index in [1.807, 2.05) is 0 Å². The number of methoxy groups -OCH3 is 1. The second-order valence-electron chi connectivity index (χ2n) is 2.67. The topological polar surface area (TPSA) is 78.9 Å². The van der Waals surface area contributed by atoms with Gasteiger partial charge in [0, 0.05) is 6.08 Å². The summed E-state index contributed by atoms with van der Waals surface area (Å²) < 4.78 is 13.6. The van der Waals surface area contributed by atoms with E-state index in [9.17, 15) is 14.4 Å². The zero-order valence-electron chi connectivity index (χ0n) is 9.06. The summed E-state index contributed by atoms with van der Waals surface area (Å²) in [5.74, 6) is -1.60. The molecule has 0 aromatic heterocycles. The maximum absolute atomic E-state index is 11.0. The van der Waals surface area contributed by atoms with Crippen molar-refractivity contribution in [2.45, 2.75) is 12.8 Å². The molecule has 0 N–H and O–H groups in total. The average Bonchev–Trinajstić information content (AvgIpc) is 2.31. The van der Waals surface area contributed by atoms with Crippen molar-refractivity contribution in [2.24, 2.45) is 0 Å². The number of ether oxygens (including phenoxy) is 3. The summed E-state index contributed by atoms with van der Waals surface area (Å²) in [7, 11) is 1.24. The molecule has 90 valence electrons. The Labute approximate surface area is 93.2 Å². The van der Waals surface area contributed by atoms with Crippen LogP contribution in [0.15, 0.2) is 12.7 Å². The molecule has 0 radical (unpaired) electrons. The van der Waals surface area contributed by atoms with Crippen molar-refractivity contribution < 1.29 is 28.6 Å². The first-order chi connectivity index (χ1) is 7.60. The maximum atomic E-state index is 11.0. The maximum Gasteiger partial charge on any atom is 0.330 e. The van der Waals surface area contributed by atoms with Crippen molar-refractivity contribution in [3.05, 3.63) is 12.7 Å². The van der Waals surface area contributed by atoms with Crippen molar-refractivity contribution in [1.82, 2.24) is 0 Å². The molecule has 0 aliphatic carbocycles. The zero-order valence-corrected chi connectivity index (χ0v) is 9.06. The Hall–Kier alpha value is -1.85. The van der Waals surface area contributed by atoms with Gasteiger partial charge in [-0.3, -0.25) is 9.59 Å². The molecule has 0 rings (SSSR count). The lowest BCUT2D eigenvalue weighted by Gasteiger charge is -2.04. The van der Waals surface area contributed by atoms with Crippen LogP contribution < -0.4 is 0 Å². The van der Waals surface area contributed by atoms with Crippen LogP contribution in [-0.2, 0) is 28.6 Å². The van der Waals surface area contributed by atoms with E-state index in [1.54, 1.807) is 0 Å². The minimum absolute atomic E-state index is 0.0260. The van der Waals surface area contributed by atoms with Crippen LogP contribution in [0.2, 0.25) is 0 Å². The van der Waals surface area contributed by atoms with Gasteiger partial charge in [-0.05, 0) is 0 Å². The zero-order chi connectivity index (χ0) is 12.4. The van der Waals surface area contributed by atoms with Gasteiger partial charge in [0.1, 0.15) is 13.2 Å². The number of hydrogen-bond donors (Lipinski definition) is 0. The average molecular weight is 230 g/mol. The Morgan fingerprint density at radius 1 is 1.06 bits per heavy atom. The smallest absolute Gasteiger partial charge is 0.330 e. The highest BCUT2D eigenvalue weighted by molar-refractivity contribution is 5.81. The fourth-order valence-corrected chi connectivity index (χ4v) is 0.735. The Morgan fingerprint density at radius 2 is 1.62 bits per heavy atom. The molecular weight excluding hydrogens is 216 g/mol. The van der Waals surface area contributed by atoms with Gasteiger partial charge in [-0.25, -0.2) is 4.79 Å². The lowest BCUT2D eigenvalue weighted by atomic mass is 10.3. The third-order valence-corrected chi connectivity index (χ3v) is 1.52. The lowest BCUT2D eigenvalue weighted by molar-refractivity contribution is -0.152.